The summed E-state index contributed by atoms with van der Waals surface area (Å²) in [4.78, 5) is 3.50. The first kappa shape index (κ1) is 18.6. The average molecular weight is 388 g/mol. The summed E-state index contributed by atoms with van der Waals surface area (Å²) in [6.45, 7) is 10.7. The first-order valence-corrected chi connectivity index (χ1v) is 9.15. The fourth-order valence-corrected chi connectivity index (χ4v) is 3.10. The smallest absolute Gasteiger partial charge is 0.133 e. The van der Waals surface area contributed by atoms with Gasteiger partial charge in [0.2, 0.25) is 0 Å². The molecule has 0 aliphatic rings. The Balaban J connectivity index is 0.00000100. The SMILES string of the molecule is CC.COc1cc2cc(-c3cccc(C(C)(C)C)c3)[nH]c2cc1Br. The summed E-state index contributed by atoms with van der Waals surface area (Å²) in [5.41, 5.74) is 4.92. The van der Waals surface area contributed by atoms with Gasteiger partial charge in [0.25, 0.3) is 0 Å². The van der Waals surface area contributed by atoms with Gasteiger partial charge in [0, 0.05) is 16.6 Å². The molecule has 0 aliphatic heterocycles. The van der Waals surface area contributed by atoms with Crippen LogP contribution in [0.2, 0.25) is 0 Å². The number of fused-ring (bicyclic) bond motifs is 1. The summed E-state index contributed by atoms with van der Waals surface area (Å²) in [5, 5.41) is 1.15. The van der Waals surface area contributed by atoms with E-state index < -0.39 is 0 Å². The minimum absolute atomic E-state index is 0.147. The predicted molar refractivity (Wildman–Crippen MR) is 108 cm³/mol. The van der Waals surface area contributed by atoms with Crippen molar-refractivity contribution in [1.29, 1.82) is 0 Å². The number of halogens is 1. The highest BCUT2D eigenvalue weighted by Gasteiger charge is 2.15. The second-order valence-corrected chi connectivity index (χ2v) is 7.44. The van der Waals surface area contributed by atoms with Crippen LogP contribution in [0.15, 0.2) is 46.9 Å². The molecule has 24 heavy (non-hydrogen) atoms. The Hall–Kier alpha value is -1.74. The van der Waals surface area contributed by atoms with E-state index in [0.29, 0.717) is 0 Å². The number of methoxy groups -OCH3 is 1. The lowest BCUT2D eigenvalue weighted by Gasteiger charge is -2.19. The van der Waals surface area contributed by atoms with Gasteiger partial charge in [-0.15, -0.1) is 0 Å². The van der Waals surface area contributed by atoms with E-state index in [1.54, 1.807) is 7.11 Å². The summed E-state index contributed by atoms with van der Waals surface area (Å²) in [6.07, 6.45) is 0. The molecule has 0 atom stereocenters. The number of nitrogens with one attached hydrogen (secondary N) is 1. The minimum Gasteiger partial charge on any atom is -0.496 e. The zero-order valence-electron chi connectivity index (χ0n) is 15.3. The van der Waals surface area contributed by atoms with E-state index in [2.05, 4.69) is 78.1 Å². The Kier molecular flexibility index (Phi) is 5.76. The molecular formula is C21H26BrNO. The third-order valence-electron chi connectivity index (χ3n) is 3.93. The largest absolute Gasteiger partial charge is 0.496 e. The van der Waals surface area contributed by atoms with Crippen molar-refractivity contribution in [3.63, 3.8) is 0 Å². The van der Waals surface area contributed by atoms with Gasteiger partial charge >= 0.3 is 0 Å². The zero-order chi connectivity index (χ0) is 17.9. The predicted octanol–water partition coefficient (Wildman–Crippen LogP) is 6.93. The van der Waals surface area contributed by atoms with Gasteiger partial charge in [-0.1, -0.05) is 52.8 Å². The summed E-state index contributed by atoms with van der Waals surface area (Å²) in [5.74, 6) is 0.849. The molecule has 3 aromatic rings. The van der Waals surface area contributed by atoms with Crippen LogP contribution in [-0.2, 0) is 5.41 Å². The maximum absolute atomic E-state index is 5.37. The van der Waals surface area contributed by atoms with Gasteiger partial charge in [-0.3, -0.25) is 0 Å². The van der Waals surface area contributed by atoms with E-state index in [-0.39, 0.29) is 5.41 Å². The molecule has 2 aromatic carbocycles. The quantitative estimate of drug-likeness (QED) is 0.506. The maximum Gasteiger partial charge on any atom is 0.133 e. The lowest BCUT2D eigenvalue weighted by atomic mass is 9.86. The first-order valence-electron chi connectivity index (χ1n) is 8.35. The Labute approximate surface area is 153 Å². The Bertz CT molecular complexity index is 827. The van der Waals surface area contributed by atoms with Crippen LogP contribution >= 0.6 is 15.9 Å². The van der Waals surface area contributed by atoms with Gasteiger partial charge in [-0.05, 0) is 56.7 Å². The van der Waals surface area contributed by atoms with Crippen LogP contribution < -0.4 is 4.74 Å². The highest BCUT2D eigenvalue weighted by atomic mass is 79.9. The third-order valence-corrected chi connectivity index (χ3v) is 4.55. The van der Waals surface area contributed by atoms with Crippen LogP contribution in [0.25, 0.3) is 22.2 Å². The molecule has 0 fully saturated rings. The van der Waals surface area contributed by atoms with Gasteiger partial charge in [0.05, 0.1) is 11.6 Å². The molecule has 0 amide bonds. The van der Waals surface area contributed by atoms with Crippen LogP contribution in [0, 0.1) is 0 Å². The van der Waals surface area contributed by atoms with Gasteiger partial charge < -0.3 is 9.72 Å². The molecule has 0 unspecified atom stereocenters. The standard InChI is InChI=1S/C19H20BrNO.C2H6/c1-19(2,3)14-7-5-6-12(8-14)16-9-13-10-18(22-4)15(20)11-17(13)21-16;1-2/h5-11,21H,1-4H3;1-2H3. The molecule has 0 saturated heterocycles. The van der Waals surface area contributed by atoms with E-state index >= 15 is 0 Å². The van der Waals surface area contributed by atoms with Gasteiger partial charge in [-0.25, -0.2) is 0 Å². The van der Waals surface area contributed by atoms with Gasteiger partial charge in [0.1, 0.15) is 5.75 Å². The third kappa shape index (κ3) is 3.84. The number of ether oxygens (including phenoxy) is 1. The lowest BCUT2D eigenvalue weighted by Crippen LogP contribution is -2.10. The summed E-state index contributed by atoms with van der Waals surface area (Å²) < 4.78 is 6.33. The number of rotatable bonds is 2. The highest BCUT2D eigenvalue weighted by Crippen LogP contribution is 2.33. The van der Waals surface area contributed by atoms with Crippen molar-refractivity contribution < 1.29 is 4.74 Å². The number of benzene rings is 2. The van der Waals surface area contributed by atoms with Crippen LogP contribution in [-0.4, -0.2) is 12.1 Å². The van der Waals surface area contributed by atoms with Gasteiger partial charge in [-0.2, -0.15) is 0 Å². The second-order valence-electron chi connectivity index (χ2n) is 6.59. The van der Waals surface area contributed by atoms with Crippen molar-refractivity contribution in [1.82, 2.24) is 4.98 Å². The fourth-order valence-electron chi connectivity index (χ4n) is 2.60. The molecule has 3 rings (SSSR count). The monoisotopic (exact) mass is 387 g/mol. The fraction of sp³-hybridized carbons (Fsp3) is 0.333. The molecule has 128 valence electrons. The molecule has 0 saturated carbocycles. The Morgan fingerprint density at radius 3 is 2.33 bits per heavy atom. The molecule has 1 N–H and O–H groups in total. The number of aromatic amines is 1. The maximum atomic E-state index is 5.37. The molecular weight excluding hydrogens is 362 g/mol. The Morgan fingerprint density at radius 2 is 1.71 bits per heavy atom. The van der Waals surface area contributed by atoms with Crippen molar-refractivity contribution in [3.8, 4) is 17.0 Å². The number of aromatic nitrogens is 1. The first-order chi connectivity index (χ1) is 11.4. The topological polar surface area (TPSA) is 25.0 Å². The van der Waals surface area contributed by atoms with Crippen LogP contribution in [0.4, 0.5) is 0 Å². The lowest BCUT2D eigenvalue weighted by molar-refractivity contribution is 0.413. The van der Waals surface area contributed by atoms with E-state index in [1.807, 2.05) is 19.9 Å². The molecule has 0 spiro atoms. The molecule has 0 aliphatic carbocycles. The zero-order valence-corrected chi connectivity index (χ0v) is 16.9. The summed E-state index contributed by atoms with van der Waals surface area (Å²) in [7, 11) is 1.69. The number of hydrogen-bond acceptors (Lipinski definition) is 1. The van der Waals surface area contributed by atoms with Crippen molar-refractivity contribution in [2.45, 2.75) is 40.0 Å². The minimum atomic E-state index is 0.147. The Morgan fingerprint density at radius 1 is 1.00 bits per heavy atom. The van der Waals surface area contributed by atoms with E-state index in [9.17, 15) is 0 Å². The van der Waals surface area contributed by atoms with Gasteiger partial charge in [0.15, 0.2) is 0 Å². The molecule has 2 nitrogen and oxygen atoms in total. The molecule has 1 aromatic heterocycles. The van der Waals surface area contributed by atoms with Crippen molar-refractivity contribution in [2.24, 2.45) is 0 Å². The highest BCUT2D eigenvalue weighted by molar-refractivity contribution is 9.10. The van der Waals surface area contributed by atoms with E-state index in [0.717, 1.165) is 26.8 Å². The van der Waals surface area contributed by atoms with Crippen molar-refractivity contribution >= 4 is 26.8 Å². The normalized spacial score (nSPS) is 11.1. The van der Waals surface area contributed by atoms with Crippen LogP contribution in [0.1, 0.15) is 40.2 Å². The summed E-state index contributed by atoms with van der Waals surface area (Å²) in [6, 6.07) is 15.0. The number of H-pyrrole nitrogens is 1. The average Bonchev–Trinajstić information content (AvgIpc) is 2.98. The summed E-state index contributed by atoms with van der Waals surface area (Å²) >= 11 is 3.54. The second kappa shape index (κ2) is 7.43. The van der Waals surface area contributed by atoms with Crippen LogP contribution in [0.3, 0.4) is 0 Å². The molecule has 3 heteroatoms. The van der Waals surface area contributed by atoms with E-state index in [1.165, 1.54) is 11.1 Å². The van der Waals surface area contributed by atoms with E-state index in [4.69, 9.17) is 4.74 Å². The molecule has 0 bridgehead atoms. The van der Waals surface area contributed by atoms with Crippen LogP contribution in [0.5, 0.6) is 5.75 Å². The number of hydrogen-bond donors (Lipinski definition) is 1. The molecule has 0 radical (unpaired) electrons. The van der Waals surface area contributed by atoms with Crippen molar-refractivity contribution in [3.05, 3.63) is 52.5 Å². The molecule has 1 heterocycles. The van der Waals surface area contributed by atoms with Crippen molar-refractivity contribution in [2.75, 3.05) is 7.11 Å².